The van der Waals surface area contributed by atoms with E-state index >= 15 is 0 Å². The number of hydrogen-bond acceptors (Lipinski definition) is 5. The van der Waals surface area contributed by atoms with Crippen molar-refractivity contribution < 1.29 is 4.79 Å². The maximum Gasteiger partial charge on any atom is 0.253 e. The number of halogens is 1. The summed E-state index contributed by atoms with van der Waals surface area (Å²) in [5, 5.41) is 1.10. The van der Waals surface area contributed by atoms with E-state index < -0.39 is 0 Å². The molecule has 0 unspecified atom stereocenters. The Labute approximate surface area is 170 Å². The van der Waals surface area contributed by atoms with Crippen LogP contribution in [0.4, 0.5) is 5.82 Å². The summed E-state index contributed by atoms with van der Waals surface area (Å²) in [6.07, 6.45) is 2.20. The van der Waals surface area contributed by atoms with E-state index in [0.29, 0.717) is 16.1 Å². The molecule has 0 N–H and O–H groups in total. The van der Waals surface area contributed by atoms with Crippen LogP contribution in [0.5, 0.6) is 0 Å². The number of carbonyl (C=O) groups excluding carboxylic acids is 1. The Morgan fingerprint density at radius 2 is 1.93 bits per heavy atom. The van der Waals surface area contributed by atoms with E-state index in [9.17, 15) is 4.79 Å². The molecule has 1 aromatic carbocycles. The number of thioether (sulfide) groups is 1. The first-order chi connectivity index (χ1) is 13.1. The number of aromatic nitrogens is 2. The fraction of sp³-hybridized carbons (Fsp3) is 0.450. The molecule has 144 valence electrons. The van der Waals surface area contributed by atoms with Gasteiger partial charge in [0.15, 0.2) is 5.16 Å². The maximum absolute atomic E-state index is 12.6. The third-order valence-corrected chi connectivity index (χ3v) is 5.80. The van der Waals surface area contributed by atoms with Gasteiger partial charge in [-0.05, 0) is 44.4 Å². The van der Waals surface area contributed by atoms with Crippen molar-refractivity contribution in [3.8, 4) is 0 Å². The van der Waals surface area contributed by atoms with E-state index in [2.05, 4.69) is 28.7 Å². The van der Waals surface area contributed by atoms with Gasteiger partial charge in [-0.3, -0.25) is 4.79 Å². The lowest BCUT2D eigenvalue weighted by atomic mass is 10.1. The summed E-state index contributed by atoms with van der Waals surface area (Å²) >= 11 is 7.72. The molecule has 0 atom stereocenters. The maximum atomic E-state index is 12.6. The minimum absolute atomic E-state index is 0.127. The average molecular weight is 405 g/mol. The number of carbonyl (C=O) groups is 1. The Morgan fingerprint density at radius 3 is 2.63 bits per heavy atom. The van der Waals surface area contributed by atoms with Gasteiger partial charge in [0.2, 0.25) is 0 Å². The number of likely N-dealkylation sites (tertiary alicyclic amines) is 1. The van der Waals surface area contributed by atoms with Crippen molar-refractivity contribution in [1.82, 2.24) is 14.9 Å². The molecule has 0 saturated carbocycles. The van der Waals surface area contributed by atoms with Crippen molar-refractivity contribution >= 4 is 35.1 Å². The Morgan fingerprint density at radius 1 is 1.19 bits per heavy atom. The van der Waals surface area contributed by atoms with Gasteiger partial charge in [-0.15, -0.1) is 0 Å². The normalized spacial score (nSPS) is 13.8. The van der Waals surface area contributed by atoms with Crippen molar-refractivity contribution in [3.63, 3.8) is 0 Å². The van der Waals surface area contributed by atoms with Crippen molar-refractivity contribution in [2.75, 3.05) is 31.1 Å². The van der Waals surface area contributed by atoms with Crippen LogP contribution >= 0.6 is 23.4 Å². The third-order valence-electron chi connectivity index (χ3n) is 4.68. The first-order valence-corrected chi connectivity index (χ1v) is 10.8. The Kier molecular flexibility index (Phi) is 6.96. The van der Waals surface area contributed by atoms with Crippen LogP contribution in [0.2, 0.25) is 5.15 Å². The number of hydrogen-bond donors (Lipinski definition) is 0. The van der Waals surface area contributed by atoms with E-state index in [1.54, 1.807) is 6.07 Å². The summed E-state index contributed by atoms with van der Waals surface area (Å²) < 4.78 is 0. The Balaban J connectivity index is 1.70. The fourth-order valence-corrected chi connectivity index (χ4v) is 4.23. The smallest absolute Gasteiger partial charge is 0.253 e. The zero-order chi connectivity index (χ0) is 19.2. The van der Waals surface area contributed by atoms with E-state index in [0.717, 1.165) is 56.0 Å². The minimum atomic E-state index is 0.127. The highest BCUT2D eigenvalue weighted by atomic mass is 35.5. The summed E-state index contributed by atoms with van der Waals surface area (Å²) in [7, 11) is 0. The SMILES string of the molecule is CCN(CC)c1cc(Cl)nc(SCc2cccc(C(=O)N3CCCC3)c2)n1. The molecule has 0 radical (unpaired) electrons. The molecule has 0 aliphatic carbocycles. The lowest BCUT2D eigenvalue weighted by Gasteiger charge is -2.20. The van der Waals surface area contributed by atoms with Gasteiger partial charge in [-0.2, -0.15) is 0 Å². The second kappa shape index (κ2) is 9.42. The van der Waals surface area contributed by atoms with Crippen LogP contribution in [-0.4, -0.2) is 47.0 Å². The monoisotopic (exact) mass is 404 g/mol. The van der Waals surface area contributed by atoms with Crippen LogP contribution in [0.1, 0.15) is 42.6 Å². The molecule has 3 rings (SSSR count). The fourth-order valence-electron chi connectivity index (χ4n) is 3.20. The molecule has 5 nitrogen and oxygen atoms in total. The number of amides is 1. The topological polar surface area (TPSA) is 49.3 Å². The van der Waals surface area contributed by atoms with Gasteiger partial charge in [0.05, 0.1) is 0 Å². The molecule has 1 saturated heterocycles. The van der Waals surface area contributed by atoms with Gasteiger partial charge in [-0.25, -0.2) is 9.97 Å². The van der Waals surface area contributed by atoms with Crippen LogP contribution in [0.3, 0.4) is 0 Å². The summed E-state index contributed by atoms with van der Waals surface area (Å²) in [4.78, 5) is 25.6. The number of rotatable bonds is 7. The van der Waals surface area contributed by atoms with E-state index in [-0.39, 0.29) is 5.91 Å². The standard InChI is InChI=1S/C20H25ClN4OS/c1-3-24(4-2)18-13-17(21)22-20(23-18)27-14-15-8-7-9-16(12-15)19(26)25-10-5-6-11-25/h7-9,12-13H,3-6,10-11,14H2,1-2H3. The molecule has 1 amide bonds. The van der Waals surface area contributed by atoms with Gasteiger partial charge in [-0.1, -0.05) is 35.5 Å². The quantitative estimate of drug-likeness (QED) is 0.386. The molecule has 0 bridgehead atoms. The molecular weight excluding hydrogens is 380 g/mol. The van der Waals surface area contributed by atoms with Crippen molar-refractivity contribution in [2.45, 2.75) is 37.6 Å². The van der Waals surface area contributed by atoms with Gasteiger partial charge < -0.3 is 9.80 Å². The highest BCUT2D eigenvalue weighted by Crippen LogP contribution is 2.25. The second-order valence-electron chi connectivity index (χ2n) is 6.49. The lowest BCUT2D eigenvalue weighted by Crippen LogP contribution is -2.27. The van der Waals surface area contributed by atoms with Crippen molar-refractivity contribution in [1.29, 1.82) is 0 Å². The molecule has 27 heavy (non-hydrogen) atoms. The van der Waals surface area contributed by atoms with Crippen molar-refractivity contribution in [2.24, 2.45) is 0 Å². The van der Waals surface area contributed by atoms with Gasteiger partial charge in [0.25, 0.3) is 5.91 Å². The van der Waals surface area contributed by atoms with Crippen molar-refractivity contribution in [3.05, 3.63) is 46.6 Å². The zero-order valence-corrected chi connectivity index (χ0v) is 17.4. The third kappa shape index (κ3) is 5.14. The van der Waals surface area contributed by atoms with Crippen LogP contribution in [0.25, 0.3) is 0 Å². The van der Waals surface area contributed by atoms with Gasteiger partial charge in [0, 0.05) is 43.6 Å². The molecule has 1 aliphatic heterocycles. The van der Waals surface area contributed by atoms with Crippen LogP contribution in [0.15, 0.2) is 35.5 Å². The summed E-state index contributed by atoms with van der Waals surface area (Å²) in [5.41, 5.74) is 1.84. The minimum Gasteiger partial charge on any atom is -0.357 e. The number of anilines is 1. The average Bonchev–Trinajstić information content (AvgIpc) is 3.21. The zero-order valence-electron chi connectivity index (χ0n) is 15.8. The largest absolute Gasteiger partial charge is 0.357 e. The Hall–Kier alpha value is -1.79. The van der Waals surface area contributed by atoms with E-state index in [1.165, 1.54) is 11.8 Å². The first kappa shape index (κ1) is 20.0. The highest BCUT2D eigenvalue weighted by Gasteiger charge is 2.19. The summed E-state index contributed by atoms with van der Waals surface area (Å²) in [5.74, 6) is 1.67. The van der Waals surface area contributed by atoms with Crippen LogP contribution in [-0.2, 0) is 5.75 Å². The molecule has 2 aromatic rings. The predicted molar refractivity (Wildman–Crippen MR) is 112 cm³/mol. The van der Waals surface area contributed by atoms with Gasteiger partial charge in [0.1, 0.15) is 11.0 Å². The molecule has 0 spiro atoms. The summed E-state index contributed by atoms with van der Waals surface area (Å²) in [6.45, 7) is 7.65. The van der Waals surface area contributed by atoms with Crippen LogP contribution in [0, 0.1) is 0 Å². The van der Waals surface area contributed by atoms with E-state index in [1.807, 2.05) is 29.2 Å². The van der Waals surface area contributed by atoms with Gasteiger partial charge >= 0.3 is 0 Å². The molecule has 7 heteroatoms. The predicted octanol–water partition coefficient (Wildman–Crippen LogP) is 4.50. The van der Waals surface area contributed by atoms with E-state index in [4.69, 9.17) is 11.6 Å². The molecule has 1 aromatic heterocycles. The number of benzene rings is 1. The lowest BCUT2D eigenvalue weighted by molar-refractivity contribution is 0.0792. The molecular formula is C20H25ClN4OS. The molecule has 1 fully saturated rings. The number of nitrogens with zero attached hydrogens (tertiary/aromatic N) is 4. The Bertz CT molecular complexity index is 791. The first-order valence-electron chi connectivity index (χ1n) is 9.41. The molecule has 1 aliphatic rings. The summed E-state index contributed by atoms with van der Waals surface area (Å²) in [6, 6.07) is 9.64. The van der Waals surface area contributed by atoms with Crippen LogP contribution < -0.4 is 4.90 Å². The highest BCUT2D eigenvalue weighted by molar-refractivity contribution is 7.98. The molecule has 2 heterocycles. The second-order valence-corrected chi connectivity index (χ2v) is 7.82.